The number of phenolic OH excluding ortho intramolecular Hbond substituents is 1. The normalized spacial score (nSPS) is 14.8. The Hall–Kier alpha value is -1.82. The van der Waals surface area contributed by atoms with Gasteiger partial charge < -0.3 is 14.7 Å². The quantitative estimate of drug-likeness (QED) is 0.904. The average molecular weight is 333 g/mol. The molecule has 3 rings (SSSR count). The van der Waals surface area contributed by atoms with Crippen LogP contribution in [-0.2, 0) is 12.0 Å². The molecule has 1 fully saturated rings. The summed E-state index contributed by atoms with van der Waals surface area (Å²) in [6.07, 6.45) is 2.39. The van der Waals surface area contributed by atoms with Gasteiger partial charge in [0.25, 0.3) is 0 Å². The maximum absolute atomic E-state index is 9.74. The minimum atomic E-state index is -0.0360. The summed E-state index contributed by atoms with van der Waals surface area (Å²) in [4.78, 5) is 7.07. The number of phenols is 1. The number of ether oxygens (including phenoxy) is 1. The zero-order chi connectivity index (χ0) is 16.6. The number of hydrogen-bond acceptors (Lipinski definition) is 6. The molecule has 23 heavy (non-hydrogen) atoms. The summed E-state index contributed by atoms with van der Waals surface area (Å²) in [6, 6.07) is 6.03. The minimum Gasteiger partial charge on any atom is -0.504 e. The monoisotopic (exact) mass is 333 g/mol. The molecule has 1 aliphatic carbocycles. The summed E-state index contributed by atoms with van der Waals surface area (Å²) in [5.41, 5.74) is 1.06. The lowest BCUT2D eigenvalue weighted by Crippen LogP contribution is -2.25. The summed E-state index contributed by atoms with van der Waals surface area (Å²) >= 11 is 1.47. The van der Waals surface area contributed by atoms with Crippen molar-refractivity contribution in [3.8, 4) is 11.5 Å². The van der Waals surface area contributed by atoms with E-state index in [-0.39, 0.29) is 11.2 Å². The van der Waals surface area contributed by atoms with Gasteiger partial charge in [-0.15, -0.1) is 0 Å². The number of nitrogens with zero attached hydrogens (tertiary/aromatic N) is 3. The van der Waals surface area contributed by atoms with Gasteiger partial charge in [-0.3, -0.25) is 0 Å². The van der Waals surface area contributed by atoms with Gasteiger partial charge in [-0.05, 0) is 30.5 Å². The summed E-state index contributed by atoms with van der Waals surface area (Å²) in [7, 11) is 1.57. The maximum Gasteiger partial charge on any atom is 0.205 e. The van der Waals surface area contributed by atoms with E-state index in [2.05, 4.69) is 30.0 Å². The highest BCUT2D eigenvalue weighted by Crippen LogP contribution is 2.36. The van der Waals surface area contributed by atoms with Crippen LogP contribution in [-0.4, -0.2) is 27.6 Å². The third-order valence-electron chi connectivity index (χ3n) is 3.92. The Morgan fingerprint density at radius 3 is 2.65 bits per heavy atom. The Kier molecular flexibility index (Phi) is 4.19. The molecule has 0 atom stereocenters. The summed E-state index contributed by atoms with van der Waals surface area (Å²) in [5, 5.41) is 10.7. The van der Waals surface area contributed by atoms with Crippen LogP contribution in [0, 0.1) is 0 Å². The molecule has 5 nitrogen and oxygen atoms in total. The van der Waals surface area contributed by atoms with Crippen LogP contribution >= 0.6 is 11.5 Å². The predicted octanol–water partition coefficient (Wildman–Crippen LogP) is 3.72. The fourth-order valence-electron chi connectivity index (χ4n) is 2.39. The zero-order valence-corrected chi connectivity index (χ0v) is 14.9. The van der Waals surface area contributed by atoms with Crippen LogP contribution in [0.3, 0.4) is 0 Å². The highest BCUT2D eigenvalue weighted by atomic mass is 32.1. The van der Waals surface area contributed by atoms with Crippen LogP contribution in [0.5, 0.6) is 11.5 Å². The van der Waals surface area contributed by atoms with E-state index < -0.39 is 0 Å². The predicted molar refractivity (Wildman–Crippen MR) is 92.5 cm³/mol. The van der Waals surface area contributed by atoms with Crippen molar-refractivity contribution in [2.24, 2.45) is 0 Å². The van der Waals surface area contributed by atoms with Crippen LogP contribution in [0.25, 0.3) is 0 Å². The molecule has 1 heterocycles. The second-order valence-electron chi connectivity index (χ2n) is 7.02. The first kappa shape index (κ1) is 16.1. The molecule has 2 aromatic rings. The number of rotatable bonds is 5. The highest BCUT2D eigenvalue weighted by molar-refractivity contribution is 7.09. The molecule has 6 heteroatoms. The first-order valence-corrected chi connectivity index (χ1v) is 8.62. The lowest BCUT2D eigenvalue weighted by molar-refractivity contribution is 0.373. The van der Waals surface area contributed by atoms with Gasteiger partial charge in [-0.2, -0.15) is 4.37 Å². The van der Waals surface area contributed by atoms with Crippen molar-refractivity contribution < 1.29 is 9.84 Å². The van der Waals surface area contributed by atoms with E-state index >= 15 is 0 Å². The molecule has 1 saturated carbocycles. The molecule has 1 aliphatic rings. The first-order valence-electron chi connectivity index (χ1n) is 7.85. The number of benzene rings is 1. The Morgan fingerprint density at radius 1 is 1.35 bits per heavy atom. The molecule has 0 saturated heterocycles. The first-order chi connectivity index (χ1) is 10.9. The number of anilines is 1. The average Bonchev–Trinajstić information content (AvgIpc) is 3.20. The van der Waals surface area contributed by atoms with Gasteiger partial charge in [0, 0.05) is 29.5 Å². The van der Waals surface area contributed by atoms with E-state index in [1.807, 2.05) is 12.1 Å². The number of aromatic hydroxyl groups is 1. The zero-order valence-electron chi connectivity index (χ0n) is 14.0. The second-order valence-corrected chi connectivity index (χ2v) is 7.75. The van der Waals surface area contributed by atoms with Crippen molar-refractivity contribution in [2.45, 2.75) is 51.6 Å². The van der Waals surface area contributed by atoms with E-state index in [1.165, 1.54) is 24.4 Å². The third kappa shape index (κ3) is 3.58. The Balaban J connectivity index is 1.84. The maximum atomic E-state index is 9.74. The SMILES string of the molecule is COc1cc(CN(c2nc(C(C)(C)C)ns2)C2CC2)ccc1O. The van der Waals surface area contributed by atoms with Crippen LogP contribution < -0.4 is 9.64 Å². The van der Waals surface area contributed by atoms with Gasteiger partial charge in [0.1, 0.15) is 5.82 Å². The topological polar surface area (TPSA) is 58.5 Å². The van der Waals surface area contributed by atoms with Crippen LogP contribution in [0.2, 0.25) is 0 Å². The fourth-order valence-corrected chi connectivity index (χ4v) is 3.32. The van der Waals surface area contributed by atoms with Crippen molar-refractivity contribution in [2.75, 3.05) is 12.0 Å². The Bertz CT molecular complexity index is 689. The molecular weight excluding hydrogens is 310 g/mol. The van der Waals surface area contributed by atoms with E-state index in [9.17, 15) is 5.11 Å². The Labute approximate surface area is 141 Å². The number of aromatic nitrogens is 2. The third-order valence-corrected chi connectivity index (χ3v) is 4.67. The van der Waals surface area contributed by atoms with Crippen molar-refractivity contribution >= 4 is 16.7 Å². The van der Waals surface area contributed by atoms with Crippen molar-refractivity contribution in [3.63, 3.8) is 0 Å². The summed E-state index contributed by atoms with van der Waals surface area (Å²) in [6.45, 7) is 7.14. The second kappa shape index (κ2) is 6.00. The van der Waals surface area contributed by atoms with Gasteiger partial charge >= 0.3 is 0 Å². The minimum absolute atomic E-state index is 0.0360. The van der Waals surface area contributed by atoms with Crippen LogP contribution in [0.15, 0.2) is 18.2 Å². The fraction of sp³-hybridized carbons (Fsp3) is 0.529. The molecule has 0 spiro atoms. The van der Waals surface area contributed by atoms with Gasteiger partial charge in [0.05, 0.1) is 7.11 Å². The van der Waals surface area contributed by atoms with E-state index in [1.54, 1.807) is 13.2 Å². The van der Waals surface area contributed by atoms with Crippen LogP contribution in [0.1, 0.15) is 45.0 Å². The lowest BCUT2D eigenvalue weighted by Gasteiger charge is -2.22. The smallest absolute Gasteiger partial charge is 0.205 e. The number of methoxy groups -OCH3 is 1. The van der Waals surface area contributed by atoms with Gasteiger partial charge in [-0.1, -0.05) is 26.8 Å². The highest BCUT2D eigenvalue weighted by Gasteiger charge is 2.32. The largest absolute Gasteiger partial charge is 0.504 e. The Morgan fingerprint density at radius 2 is 2.09 bits per heavy atom. The molecule has 1 aromatic carbocycles. The van der Waals surface area contributed by atoms with Crippen molar-refractivity contribution in [3.05, 3.63) is 29.6 Å². The summed E-state index contributed by atoms with van der Waals surface area (Å²) in [5.74, 6) is 1.57. The molecule has 0 unspecified atom stereocenters. The molecule has 0 radical (unpaired) electrons. The van der Waals surface area contributed by atoms with Gasteiger partial charge in [0.15, 0.2) is 11.5 Å². The molecule has 124 valence electrons. The standard InChI is InChI=1S/C17H23N3O2S/c1-17(2,3)15-18-16(23-19-15)20(12-6-7-12)10-11-5-8-13(21)14(9-11)22-4/h5,8-9,12,21H,6-7,10H2,1-4H3. The van der Waals surface area contributed by atoms with E-state index in [0.717, 1.165) is 23.1 Å². The molecule has 1 N–H and O–H groups in total. The molecule has 1 aromatic heterocycles. The van der Waals surface area contributed by atoms with E-state index in [4.69, 9.17) is 9.72 Å². The van der Waals surface area contributed by atoms with Crippen LogP contribution in [0.4, 0.5) is 5.13 Å². The summed E-state index contributed by atoms with van der Waals surface area (Å²) < 4.78 is 9.74. The van der Waals surface area contributed by atoms with Gasteiger partial charge in [0.2, 0.25) is 5.13 Å². The molecular formula is C17H23N3O2S. The van der Waals surface area contributed by atoms with Gasteiger partial charge in [-0.25, -0.2) is 4.98 Å². The van der Waals surface area contributed by atoms with Crippen molar-refractivity contribution in [1.82, 2.24) is 9.36 Å². The molecule has 0 bridgehead atoms. The van der Waals surface area contributed by atoms with E-state index in [0.29, 0.717) is 11.8 Å². The van der Waals surface area contributed by atoms with Crippen molar-refractivity contribution in [1.29, 1.82) is 0 Å². The number of hydrogen-bond donors (Lipinski definition) is 1. The molecule has 0 aliphatic heterocycles. The molecule has 0 amide bonds. The lowest BCUT2D eigenvalue weighted by atomic mass is 9.96.